The summed E-state index contributed by atoms with van der Waals surface area (Å²) in [5.74, 6) is -0.588. The first-order valence-electron chi connectivity index (χ1n) is 14.3. The Morgan fingerprint density at radius 3 is 2.46 bits per heavy atom. The Hall–Kier alpha value is -1.18. The molecular weight excluding hydrogens is 512 g/mol. The molecule has 14 unspecified atom stereocenters. The Morgan fingerprint density at radius 1 is 1.08 bits per heavy atom. The lowest BCUT2D eigenvalue weighted by atomic mass is 9.44. The second kappa shape index (κ2) is 10.3. The van der Waals surface area contributed by atoms with Gasteiger partial charge in [0.25, 0.3) is 0 Å². The zero-order chi connectivity index (χ0) is 28.5. The highest BCUT2D eigenvalue weighted by Crippen LogP contribution is 2.67. The van der Waals surface area contributed by atoms with Gasteiger partial charge in [0.2, 0.25) is 0 Å². The number of aliphatic hydroxyl groups excluding tert-OH is 5. The highest BCUT2D eigenvalue weighted by molar-refractivity contribution is 5.84. The van der Waals surface area contributed by atoms with Crippen molar-refractivity contribution >= 4 is 11.8 Å². The van der Waals surface area contributed by atoms with Gasteiger partial charge >= 0.3 is 5.97 Å². The molecule has 1 aliphatic heterocycles. The highest BCUT2D eigenvalue weighted by atomic mass is 16.7. The van der Waals surface area contributed by atoms with Gasteiger partial charge in [-0.1, -0.05) is 13.8 Å². The van der Waals surface area contributed by atoms with Gasteiger partial charge in [-0.25, -0.2) is 4.79 Å². The lowest BCUT2D eigenvalue weighted by Crippen LogP contribution is -2.63. The van der Waals surface area contributed by atoms with Crippen molar-refractivity contribution in [3.8, 4) is 0 Å². The quantitative estimate of drug-likeness (QED) is 0.192. The number of fused-ring (bicyclic) bond motifs is 5. The molecule has 5 rings (SSSR count). The predicted octanol–water partition coefficient (Wildman–Crippen LogP) is -0.342. The third-order valence-corrected chi connectivity index (χ3v) is 11.6. The molecule has 5 aliphatic rings. The highest BCUT2D eigenvalue weighted by Gasteiger charge is 2.68. The Bertz CT molecular complexity index is 960. The van der Waals surface area contributed by atoms with Crippen molar-refractivity contribution in [3.05, 3.63) is 0 Å². The predicted molar refractivity (Wildman–Crippen MR) is 134 cm³/mol. The monoisotopic (exact) mass is 556 g/mol. The first-order valence-corrected chi connectivity index (χ1v) is 14.3. The molecular formula is C28H44O11. The summed E-state index contributed by atoms with van der Waals surface area (Å²) < 4.78 is 16.3. The maximum absolute atomic E-state index is 13.8. The van der Waals surface area contributed by atoms with E-state index in [9.17, 15) is 40.2 Å². The summed E-state index contributed by atoms with van der Waals surface area (Å²) in [5, 5.41) is 62.5. The molecule has 0 aromatic heterocycles. The molecule has 4 aliphatic carbocycles. The molecule has 4 saturated carbocycles. The van der Waals surface area contributed by atoms with Gasteiger partial charge < -0.3 is 44.8 Å². The molecule has 1 saturated heterocycles. The summed E-state index contributed by atoms with van der Waals surface area (Å²) in [5.41, 5.74) is -2.54. The van der Waals surface area contributed by atoms with E-state index in [0.717, 1.165) is 20.0 Å². The molecule has 0 radical (unpaired) electrons. The number of ether oxygens (including phenoxy) is 3. The average molecular weight is 557 g/mol. The van der Waals surface area contributed by atoms with Crippen LogP contribution in [0.5, 0.6) is 0 Å². The van der Waals surface area contributed by atoms with Gasteiger partial charge in [0.15, 0.2) is 12.4 Å². The van der Waals surface area contributed by atoms with Gasteiger partial charge in [-0.2, -0.15) is 0 Å². The minimum atomic E-state index is -1.65. The van der Waals surface area contributed by atoms with E-state index in [0.29, 0.717) is 32.1 Å². The third-order valence-electron chi connectivity index (χ3n) is 11.6. The Kier molecular flexibility index (Phi) is 7.72. The summed E-state index contributed by atoms with van der Waals surface area (Å²) in [7, 11) is 1.14. The van der Waals surface area contributed by atoms with Gasteiger partial charge in [-0.15, -0.1) is 0 Å². The lowest BCUT2D eigenvalue weighted by molar-refractivity contribution is -0.309. The van der Waals surface area contributed by atoms with Gasteiger partial charge in [0.05, 0.1) is 25.4 Å². The van der Waals surface area contributed by atoms with E-state index in [2.05, 4.69) is 11.7 Å². The molecule has 5 fully saturated rings. The van der Waals surface area contributed by atoms with Crippen LogP contribution in [0.1, 0.15) is 65.2 Å². The van der Waals surface area contributed by atoms with Crippen LogP contribution in [-0.4, -0.2) is 105 Å². The smallest absolute Gasteiger partial charge is 0.337 e. The normalized spacial score (nSPS) is 52.4. The number of aliphatic hydroxyl groups is 6. The Morgan fingerprint density at radius 2 is 1.79 bits per heavy atom. The maximum atomic E-state index is 13.8. The summed E-state index contributed by atoms with van der Waals surface area (Å²) in [6.07, 6.45) is -4.42. The molecule has 1 heterocycles. The van der Waals surface area contributed by atoms with Crippen LogP contribution in [0.25, 0.3) is 0 Å². The second-order valence-corrected chi connectivity index (χ2v) is 13.2. The largest absolute Gasteiger partial charge is 0.467 e. The average Bonchev–Trinajstić information content (AvgIpc) is 3.18. The van der Waals surface area contributed by atoms with E-state index in [1.54, 1.807) is 0 Å². The van der Waals surface area contributed by atoms with E-state index in [1.165, 1.54) is 0 Å². The Balaban J connectivity index is 1.30. The molecule has 6 N–H and O–H groups in total. The number of hydrogen-bond donors (Lipinski definition) is 6. The fourth-order valence-electron chi connectivity index (χ4n) is 9.35. The molecule has 0 amide bonds. The molecule has 11 nitrogen and oxygen atoms in total. The van der Waals surface area contributed by atoms with Gasteiger partial charge in [-0.05, 0) is 68.1 Å². The van der Waals surface area contributed by atoms with Crippen molar-refractivity contribution in [1.82, 2.24) is 0 Å². The van der Waals surface area contributed by atoms with E-state index in [1.807, 2.05) is 6.92 Å². The van der Waals surface area contributed by atoms with E-state index < -0.39 is 60.4 Å². The Labute approximate surface area is 228 Å². The number of esters is 1. The number of carbonyl (C=O) groups excluding carboxylic acids is 2. The van der Waals surface area contributed by atoms with Crippen LogP contribution < -0.4 is 0 Å². The molecule has 0 aromatic carbocycles. The minimum absolute atomic E-state index is 0.0760. The first kappa shape index (κ1) is 29.3. The zero-order valence-corrected chi connectivity index (χ0v) is 22.9. The van der Waals surface area contributed by atoms with E-state index >= 15 is 0 Å². The molecule has 14 atom stereocenters. The van der Waals surface area contributed by atoms with Crippen molar-refractivity contribution in [1.29, 1.82) is 0 Å². The van der Waals surface area contributed by atoms with Crippen LogP contribution in [0.2, 0.25) is 0 Å². The first-order chi connectivity index (χ1) is 18.3. The van der Waals surface area contributed by atoms with Gasteiger partial charge in [0, 0.05) is 17.8 Å². The molecule has 39 heavy (non-hydrogen) atoms. The molecule has 222 valence electrons. The van der Waals surface area contributed by atoms with Crippen molar-refractivity contribution in [2.45, 2.75) is 114 Å². The van der Waals surface area contributed by atoms with Crippen molar-refractivity contribution < 1.29 is 54.4 Å². The minimum Gasteiger partial charge on any atom is -0.467 e. The third kappa shape index (κ3) is 4.31. The SMILES string of the molecule is COC(=O)C1OC(OC2CCC3(C)C(CCC4C3C(=O)CC3(C)C4CCC3(O)C(O)CO)C2)C(O)C(O)C1O. The van der Waals surface area contributed by atoms with Crippen LogP contribution >= 0.6 is 0 Å². The topological polar surface area (TPSA) is 183 Å². The van der Waals surface area contributed by atoms with Crippen LogP contribution in [0.3, 0.4) is 0 Å². The van der Waals surface area contributed by atoms with Crippen molar-refractivity contribution in [2.75, 3.05) is 13.7 Å². The lowest BCUT2D eigenvalue weighted by Gasteiger charge is -2.61. The molecule has 0 aromatic rings. The summed E-state index contributed by atoms with van der Waals surface area (Å²) in [4.78, 5) is 25.9. The summed E-state index contributed by atoms with van der Waals surface area (Å²) in [6, 6.07) is 0. The van der Waals surface area contributed by atoms with Crippen LogP contribution in [0.4, 0.5) is 0 Å². The number of ketones is 1. The summed E-state index contributed by atoms with van der Waals surface area (Å²) >= 11 is 0. The number of rotatable bonds is 5. The fraction of sp³-hybridized carbons (Fsp3) is 0.929. The standard InChI is InChI=1S/C28H44O11/c1-26-8-6-14(38-25-22(34)20(32)21(33)23(39-25)24(35)37-3)10-13(26)4-5-15-16-7-9-28(36,18(31)12-29)27(16,2)11-17(30)19(15)26/h13-16,18-23,25,29,31-34,36H,4-12H2,1-3H3. The van der Waals surface area contributed by atoms with Crippen LogP contribution in [-0.2, 0) is 23.8 Å². The van der Waals surface area contributed by atoms with E-state index in [4.69, 9.17) is 9.47 Å². The van der Waals surface area contributed by atoms with Crippen molar-refractivity contribution in [2.24, 2.45) is 34.5 Å². The number of carbonyl (C=O) groups is 2. The van der Waals surface area contributed by atoms with E-state index in [-0.39, 0.29) is 47.4 Å². The zero-order valence-electron chi connectivity index (χ0n) is 22.9. The molecule has 0 bridgehead atoms. The van der Waals surface area contributed by atoms with Crippen molar-refractivity contribution in [3.63, 3.8) is 0 Å². The van der Waals surface area contributed by atoms with Gasteiger partial charge in [-0.3, -0.25) is 4.79 Å². The summed E-state index contributed by atoms with van der Waals surface area (Å²) in [6.45, 7) is 3.53. The molecule has 0 spiro atoms. The van der Waals surface area contributed by atoms with Crippen LogP contribution in [0, 0.1) is 34.5 Å². The number of hydrogen-bond acceptors (Lipinski definition) is 11. The maximum Gasteiger partial charge on any atom is 0.337 e. The number of Topliss-reactive ketones (excluding diaryl/α,β-unsaturated/α-hetero) is 1. The fourth-order valence-corrected chi connectivity index (χ4v) is 9.35. The number of methoxy groups -OCH3 is 1. The van der Waals surface area contributed by atoms with Gasteiger partial charge in [0.1, 0.15) is 30.2 Å². The molecule has 11 heteroatoms. The second-order valence-electron chi connectivity index (χ2n) is 13.2. The van der Waals surface area contributed by atoms with Crippen LogP contribution in [0.15, 0.2) is 0 Å².